The lowest BCUT2D eigenvalue weighted by Crippen LogP contribution is -2.36. The first-order chi connectivity index (χ1) is 15.7. The zero-order chi connectivity index (χ0) is 21.9. The van der Waals surface area contributed by atoms with Crippen molar-refractivity contribution in [3.8, 4) is 28.5 Å². The van der Waals surface area contributed by atoms with E-state index in [4.69, 9.17) is 14.2 Å². The normalized spacial score (nSPS) is 15.5. The molecule has 3 heterocycles. The number of hydrogen-bond donors (Lipinski definition) is 1. The van der Waals surface area contributed by atoms with Crippen molar-refractivity contribution in [1.29, 1.82) is 0 Å². The minimum Gasteiger partial charge on any atom is -0.497 e. The van der Waals surface area contributed by atoms with Gasteiger partial charge in [-0.05, 0) is 42.3 Å². The summed E-state index contributed by atoms with van der Waals surface area (Å²) in [5.41, 5.74) is 2.89. The van der Waals surface area contributed by atoms with Crippen LogP contribution in [0.1, 0.15) is 12.0 Å². The summed E-state index contributed by atoms with van der Waals surface area (Å²) in [7, 11) is 1.64. The largest absolute Gasteiger partial charge is 0.497 e. The van der Waals surface area contributed by atoms with Crippen LogP contribution in [-0.2, 0) is 11.2 Å². The smallest absolute Gasteiger partial charge is 0.231 e. The summed E-state index contributed by atoms with van der Waals surface area (Å²) in [6, 6.07) is 15.6. The molecule has 2 aliphatic heterocycles. The van der Waals surface area contributed by atoms with Crippen LogP contribution in [-0.4, -0.2) is 61.1 Å². The molecule has 0 radical (unpaired) electrons. The molecule has 8 heteroatoms. The Morgan fingerprint density at radius 1 is 1.06 bits per heavy atom. The number of anilines is 1. The van der Waals surface area contributed by atoms with E-state index in [1.54, 1.807) is 7.11 Å². The summed E-state index contributed by atoms with van der Waals surface area (Å²) in [5.74, 6) is 3.32. The first kappa shape index (κ1) is 20.2. The third-order valence-corrected chi connectivity index (χ3v) is 5.91. The third-order valence-electron chi connectivity index (χ3n) is 5.91. The van der Waals surface area contributed by atoms with Gasteiger partial charge >= 0.3 is 0 Å². The fraction of sp³-hybridized carbons (Fsp3) is 0.333. The molecule has 8 nitrogen and oxygen atoms in total. The van der Waals surface area contributed by atoms with E-state index in [9.17, 15) is 4.79 Å². The zero-order valence-corrected chi connectivity index (χ0v) is 18.0. The Morgan fingerprint density at radius 2 is 1.97 bits per heavy atom. The van der Waals surface area contributed by atoms with Gasteiger partial charge in [0.05, 0.1) is 19.2 Å². The van der Waals surface area contributed by atoms with Crippen LogP contribution < -0.4 is 19.1 Å². The monoisotopic (exact) mass is 434 g/mol. The topological polar surface area (TPSA) is 79.9 Å². The number of nitrogens with one attached hydrogen (secondary N) is 1. The van der Waals surface area contributed by atoms with Crippen molar-refractivity contribution in [1.82, 2.24) is 15.1 Å². The maximum atomic E-state index is 12.9. The zero-order valence-electron chi connectivity index (χ0n) is 18.0. The number of aromatic amines is 1. The molecule has 1 amide bonds. The Bertz CT molecular complexity index is 1110. The van der Waals surface area contributed by atoms with E-state index < -0.39 is 0 Å². The maximum Gasteiger partial charge on any atom is 0.231 e. The number of H-pyrrole nitrogens is 1. The average Bonchev–Trinajstić information content (AvgIpc) is 3.43. The number of methoxy groups -OCH3 is 1. The van der Waals surface area contributed by atoms with Crippen LogP contribution in [0.2, 0.25) is 0 Å². The Kier molecular flexibility index (Phi) is 5.58. The number of ether oxygens (including phenoxy) is 3. The van der Waals surface area contributed by atoms with Gasteiger partial charge in [0.1, 0.15) is 5.75 Å². The van der Waals surface area contributed by atoms with Crippen LogP contribution in [0.5, 0.6) is 17.2 Å². The van der Waals surface area contributed by atoms with E-state index in [-0.39, 0.29) is 12.7 Å². The van der Waals surface area contributed by atoms with E-state index in [0.717, 1.165) is 65.9 Å². The second-order valence-corrected chi connectivity index (χ2v) is 7.96. The van der Waals surface area contributed by atoms with Crippen molar-refractivity contribution in [3.05, 3.63) is 54.1 Å². The van der Waals surface area contributed by atoms with Crippen molar-refractivity contribution in [2.24, 2.45) is 0 Å². The summed E-state index contributed by atoms with van der Waals surface area (Å²) in [4.78, 5) is 17.0. The predicted molar refractivity (Wildman–Crippen MR) is 120 cm³/mol. The second kappa shape index (κ2) is 8.82. The van der Waals surface area contributed by atoms with Crippen molar-refractivity contribution < 1.29 is 19.0 Å². The lowest BCUT2D eigenvalue weighted by Gasteiger charge is -2.22. The molecule has 1 fully saturated rings. The van der Waals surface area contributed by atoms with Crippen molar-refractivity contribution in [3.63, 3.8) is 0 Å². The van der Waals surface area contributed by atoms with Crippen molar-refractivity contribution in [2.75, 3.05) is 45.0 Å². The van der Waals surface area contributed by atoms with Gasteiger partial charge in [0.25, 0.3) is 0 Å². The summed E-state index contributed by atoms with van der Waals surface area (Å²) < 4.78 is 16.1. The Labute approximate surface area is 186 Å². The van der Waals surface area contributed by atoms with Crippen molar-refractivity contribution in [2.45, 2.75) is 12.8 Å². The molecule has 0 unspecified atom stereocenters. The molecular weight excluding hydrogens is 408 g/mol. The quantitative estimate of drug-likeness (QED) is 0.665. The molecule has 2 aromatic carbocycles. The molecule has 3 aromatic rings. The minimum atomic E-state index is 0.142. The molecule has 32 heavy (non-hydrogen) atoms. The highest BCUT2D eigenvalue weighted by atomic mass is 16.7. The number of fused-ring (bicyclic) bond motifs is 1. The van der Waals surface area contributed by atoms with Gasteiger partial charge in [0.2, 0.25) is 12.7 Å². The van der Waals surface area contributed by atoms with Crippen LogP contribution >= 0.6 is 0 Å². The number of rotatable bonds is 5. The van der Waals surface area contributed by atoms with Crippen LogP contribution in [0.4, 0.5) is 5.82 Å². The molecule has 0 saturated carbocycles. The van der Waals surface area contributed by atoms with E-state index in [0.29, 0.717) is 13.0 Å². The Hall–Kier alpha value is -3.68. The highest BCUT2D eigenvalue weighted by Crippen LogP contribution is 2.36. The number of amides is 1. The lowest BCUT2D eigenvalue weighted by molar-refractivity contribution is -0.130. The fourth-order valence-corrected chi connectivity index (χ4v) is 4.15. The summed E-state index contributed by atoms with van der Waals surface area (Å²) >= 11 is 0. The van der Waals surface area contributed by atoms with Gasteiger partial charge in [0, 0.05) is 37.8 Å². The van der Waals surface area contributed by atoms with Crippen LogP contribution in [0.3, 0.4) is 0 Å². The molecule has 0 aliphatic carbocycles. The van der Waals surface area contributed by atoms with Gasteiger partial charge in [-0.25, -0.2) is 0 Å². The molecule has 2 aliphatic rings. The van der Waals surface area contributed by atoms with E-state index in [1.165, 1.54) is 0 Å². The highest BCUT2D eigenvalue weighted by Gasteiger charge is 2.21. The first-order valence-electron chi connectivity index (χ1n) is 10.8. The standard InChI is InChI=1S/C24H26N4O4/c1-30-19-5-2-4-17(12-19)13-24(29)28-9-3-8-27(10-11-28)23-15-20(25-26-23)18-6-7-21-22(14-18)32-16-31-21/h2,4-7,12,14-15H,3,8-11,13,16H2,1H3,(H,25,26). The van der Waals surface area contributed by atoms with E-state index in [2.05, 4.69) is 15.1 Å². The molecule has 0 atom stereocenters. The van der Waals surface area contributed by atoms with Gasteiger partial charge in [-0.15, -0.1) is 0 Å². The summed E-state index contributed by atoms with van der Waals surface area (Å²) in [5, 5.41) is 7.65. The van der Waals surface area contributed by atoms with Gasteiger partial charge in [-0.2, -0.15) is 5.10 Å². The predicted octanol–water partition coefficient (Wildman–Crippen LogP) is 3.10. The SMILES string of the molecule is COc1cccc(CC(=O)N2CCCN(c3cc(-c4ccc5c(c4)OCO5)[nH]n3)CC2)c1. The van der Waals surface area contributed by atoms with E-state index >= 15 is 0 Å². The fourth-order valence-electron chi connectivity index (χ4n) is 4.15. The number of nitrogens with zero attached hydrogens (tertiary/aromatic N) is 3. The number of benzene rings is 2. The van der Waals surface area contributed by atoms with Crippen molar-refractivity contribution >= 4 is 11.7 Å². The van der Waals surface area contributed by atoms with Crippen LogP contribution in [0.25, 0.3) is 11.3 Å². The molecular formula is C24H26N4O4. The first-order valence-corrected chi connectivity index (χ1v) is 10.8. The van der Waals surface area contributed by atoms with Crippen LogP contribution in [0.15, 0.2) is 48.5 Å². The molecule has 1 aromatic heterocycles. The second-order valence-electron chi connectivity index (χ2n) is 7.96. The third kappa shape index (κ3) is 4.21. The number of carbonyl (C=O) groups excluding carboxylic acids is 1. The molecule has 1 N–H and O–H groups in total. The molecule has 0 bridgehead atoms. The Balaban J connectivity index is 1.22. The van der Waals surface area contributed by atoms with Gasteiger partial charge in [-0.1, -0.05) is 12.1 Å². The number of carbonyl (C=O) groups is 1. The van der Waals surface area contributed by atoms with Gasteiger partial charge in [-0.3, -0.25) is 9.89 Å². The lowest BCUT2D eigenvalue weighted by atomic mass is 10.1. The van der Waals surface area contributed by atoms with E-state index in [1.807, 2.05) is 53.4 Å². The maximum absolute atomic E-state index is 12.9. The number of hydrogen-bond acceptors (Lipinski definition) is 6. The van der Waals surface area contributed by atoms with Gasteiger partial charge in [0.15, 0.2) is 17.3 Å². The summed E-state index contributed by atoms with van der Waals surface area (Å²) in [6.45, 7) is 3.28. The summed E-state index contributed by atoms with van der Waals surface area (Å²) in [6.07, 6.45) is 1.28. The molecule has 5 rings (SSSR count). The van der Waals surface area contributed by atoms with Crippen LogP contribution in [0, 0.1) is 0 Å². The van der Waals surface area contributed by atoms with Gasteiger partial charge < -0.3 is 24.0 Å². The average molecular weight is 434 g/mol. The molecule has 166 valence electrons. The molecule has 1 saturated heterocycles. The molecule has 0 spiro atoms. The minimum absolute atomic E-state index is 0.142. The Morgan fingerprint density at radius 3 is 2.88 bits per heavy atom. The highest BCUT2D eigenvalue weighted by molar-refractivity contribution is 5.79. The number of aromatic nitrogens is 2.